The molecule has 2 heterocycles. The van der Waals surface area contributed by atoms with Gasteiger partial charge in [0.05, 0.1) is 6.20 Å². The molecule has 1 aromatic carbocycles. The average molecular weight is 296 g/mol. The van der Waals surface area contributed by atoms with Gasteiger partial charge in [0.2, 0.25) is 0 Å². The average Bonchev–Trinajstić information content (AvgIpc) is 3.03. The van der Waals surface area contributed by atoms with Crippen LogP contribution in [0, 0.1) is 11.8 Å². The Morgan fingerprint density at radius 3 is 2.62 bits per heavy atom. The van der Waals surface area contributed by atoms with Gasteiger partial charge < -0.3 is 4.90 Å². The minimum atomic E-state index is 0.0972. The van der Waals surface area contributed by atoms with Gasteiger partial charge in [-0.1, -0.05) is 24.1 Å². The highest BCUT2D eigenvalue weighted by Crippen LogP contribution is 2.18. The molecular weight excluding hydrogens is 280 g/mol. The van der Waals surface area contributed by atoms with Gasteiger partial charge in [-0.2, -0.15) is 0 Å². The molecule has 0 bridgehead atoms. The van der Waals surface area contributed by atoms with E-state index < -0.39 is 0 Å². The number of carbonyl (C=O) groups is 1. The second kappa shape index (κ2) is 6.55. The SMILES string of the molecule is O=C(c1cnc(C#Cc2ccccc2)s1)N1CCCCC1. The summed E-state index contributed by atoms with van der Waals surface area (Å²) in [6, 6.07) is 9.79. The lowest BCUT2D eigenvalue weighted by Gasteiger charge is -2.25. The highest BCUT2D eigenvalue weighted by molar-refractivity contribution is 7.14. The van der Waals surface area contributed by atoms with E-state index in [9.17, 15) is 4.79 Å². The van der Waals surface area contributed by atoms with Crippen LogP contribution in [0.25, 0.3) is 0 Å². The van der Waals surface area contributed by atoms with Crippen LogP contribution in [0.2, 0.25) is 0 Å². The van der Waals surface area contributed by atoms with E-state index >= 15 is 0 Å². The zero-order chi connectivity index (χ0) is 14.5. The molecule has 1 fully saturated rings. The number of carbonyl (C=O) groups excluding carboxylic acids is 1. The Morgan fingerprint density at radius 1 is 1.10 bits per heavy atom. The molecule has 1 amide bonds. The van der Waals surface area contributed by atoms with Gasteiger partial charge >= 0.3 is 0 Å². The number of piperidine rings is 1. The number of thiazole rings is 1. The Kier molecular flexibility index (Phi) is 4.32. The Labute approximate surface area is 128 Å². The smallest absolute Gasteiger partial charge is 0.265 e. The van der Waals surface area contributed by atoms with Crippen LogP contribution in [0.4, 0.5) is 0 Å². The van der Waals surface area contributed by atoms with Crippen molar-refractivity contribution in [1.29, 1.82) is 0 Å². The van der Waals surface area contributed by atoms with Crippen LogP contribution in [-0.4, -0.2) is 28.9 Å². The molecule has 106 valence electrons. The van der Waals surface area contributed by atoms with Gasteiger partial charge in [-0.25, -0.2) is 4.98 Å². The van der Waals surface area contributed by atoms with Gasteiger partial charge in [0.15, 0.2) is 5.01 Å². The zero-order valence-electron chi connectivity index (χ0n) is 11.7. The molecule has 1 aliphatic rings. The molecule has 1 aromatic heterocycles. The molecule has 0 saturated carbocycles. The number of hydrogen-bond donors (Lipinski definition) is 0. The fraction of sp³-hybridized carbons (Fsp3) is 0.294. The van der Waals surface area contributed by atoms with E-state index in [1.165, 1.54) is 17.8 Å². The second-order valence-corrected chi connectivity index (χ2v) is 6.03. The maximum absolute atomic E-state index is 12.3. The molecule has 0 spiro atoms. The van der Waals surface area contributed by atoms with Crippen molar-refractivity contribution in [3.63, 3.8) is 0 Å². The minimum Gasteiger partial charge on any atom is -0.338 e. The fourth-order valence-corrected chi connectivity index (χ4v) is 3.07. The summed E-state index contributed by atoms with van der Waals surface area (Å²) in [5.74, 6) is 6.19. The minimum absolute atomic E-state index is 0.0972. The number of rotatable bonds is 1. The van der Waals surface area contributed by atoms with E-state index in [1.807, 2.05) is 35.2 Å². The van der Waals surface area contributed by atoms with E-state index in [1.54, 1.807) is 6.20 Å². The zero-order valence-corrected chi connectivity index (χ0v) is 12.5. The first-order valence-electron chi connectivity index (χ1n) is 7.15. The van der Waals surface area contributed by atoms with Crippen LogP contribution in [0.1, 0.15) is 39.5 Å². The van der Waals surface area contributed by atoms with Crippen LogP contribution < -0.4 is 0 Å². The number of nitrogens with zero attached hydrogens (tertiary/aromatic N) is 2. The van der Waals surface area contributed by atoms with Gasteiger partial charge in [-0.15, -0.1) is 11.3 Å². The van der Waals surface area contributed by atoms with Crippen molar-refractivity contribution in [1.82, 2.24) is 9.88 Å². The van der Waals surface area contributed by atoms with Crippen LogP contribution in [-0.2, 0) is 0 Å². The van der Waals surface area contributed by atoms with Crippen LogP contribution in [0.3, 0.4) is 0 Å². The van der Waals surface area contributed by atoms with E-state index in [-0.39, 0.29) is 5.91 Å². The third-order valence-electron chi connectivity index (χ3n) is 3.45. The monoisotopic (exact) mass is 296 g/mol. The number of likely N-dealkylation sites (tertiary alicyclic amines) is 1. The molecule has 0 unspecified atom stereocenters. The third kappa shape index (κ3) is 3.50. The largest absolute Gasteiger partial charge is 0.338 e. The van der Waals surface area contributed by atoms with Crippen molar-refractivity contribution < 1.29 is 4.79 Å². The molecule has 1 saturated heterocycles. The topological polar surface area (TPSA) is 33.2 Å². The van der Waals surface area contributed by atoms with Crippen LogP contribution in [0.5, 0.6) is 0 Å². The molecule has 4 heteroatoms. The fourth-order valence-electron chi connectivity index (χ4n) is 2.33. The summed E-state index contributed by atoms with van der Waals surface area (Å²) in [7, 11) is 0. The number of aromatic nitrogens is 1. The molecule has 0 aliphatic carbocycles. The first-order valence-corrected chi connectivity index (χ1v) is 7.97. The van der Waals surface area contributed by atoms with E-state index in [2.05, 4.69) is 16.8 Å². The third-order valence-corrected chi connectivity index (χ3v) is 4.35. The molecule has 21 heavy (non-hydrogen) atoms. The van der Waals surface area contributed by atoms with Crippen molar-refractivity contribution in [2.45, 2.75) is 19.3 Å². The summed E-state index contributed by atoms with van der Waals surface area (Å²) in [6.07, 6.45) is 5.08. The van der Waals surface area contributed by atoms with Crippen molar-refractivity contribution in [2.24, 2.45) is 0 Å². The lowest BCUT2D eigenvalue weighted by atomic mass is 10.1. The molecule has 2 aromatic rings. The van der Waals surface area contributed by atoms with Gasteiger partial charge in [0, 0.05) is 18.7 Å². The standard InChI is InChI=1S/C17H16N2OS/c20-17(19-11-5-2-6-12-19)15-13-18-16(21-15)10-9-14-7-3-1-4-8-14/h1,3-4,7-8,13H,2,5-6,11-12H2. The molecule has 0 N–H and O–H groups in total. The second-order valence-electron chi connectivity index (χ2n) is 5.00. The van der Waals surface area contributed by atoms with E-state index in [4.69, 9.17) is 0 Å². The van der Waals surface area contributed by atoms with Crippen molar-refractivity contribution in [3.05, 3.63) is 52.0 Å². The highest BCUT2D eigenvalue weighted by Gasteiger charge is 2.19. The molecule has 0 atom stereocenters. The Balaban J connectivity index is 1.71. The quantitative estimate of drug-likeness (QED) is 0.757. The lowest BCUT2D eigenvalue weighted by Crippen LogP contribution is -2.35. The van der Waals surface area contributed by atoms with Crippen molar-refractivity contribution >= 4 is 17.2 Å². The van der Waals surface area contributed by atoms with Crippen LogP contribution >= 0.6 is 11.3 Å². The summed E-state index contributed by atoms with van der Waals surface area (Å²) in [6.45, 7) is 1.73. The summed E-state index contributed by atoms with van der Waals surface area (Å²) >= 11 is 1.38. The van der Waals surface area contributed by atoms with Gasteiger partial charge in [0.1, 0.15) is 4.88 Å². The molecule has 1 aliphatic heterocycles. The highest BCUT2D eigenvalue weighted by atomic mass is 32.1. The summed E-state index contributed by atoms with van der Waals surface area (Å²) in [5.41, 5.74) is 0.955. The maximum Gasteiger partial charge on any atom is 0.265 e. The molecule has 3 rings (SSSR count). The first-order chi connectivity index (χ1) is 10.3. The van der Waals surface area contributed by atoms with Gasteiger partial charge in [0.25, 0.3) is 5.91 Å². The lowest BCUT2D eigenvalue weighted by molar-refractivity contribution is 0.0729. The van der Waals surface area contributed by atoms with E-state index in [0.29, 0.717) is 9.88 Å². The predicted molar refractivity (Wildman–Crippen MR) is 84.3 cm³/mol. The summed E-state index contributed by atoms with van der Waals surface area (Å²) in [4.78, 5) is 19.2. The predicted octanol–water partition coefficient (Wildman–Crippen LogP) is 3.17. The van der Waals surface area contributed by atoms with Crippen LogP contribution in [0.15, 0.2) is 36.5 Å². The summed E-state index contributed by atoms with van der Waals surface area (Å²) in [5, 5.41) is 0.694. The van der Waals surface area contributed by atoms with Crippen molar-refractivity contribution in [3.8, 4) is 11.8 Å². The van der Waals surface area contributed by atoms with Gasteiger partial charge in [-0.3, -0.25) is 4.79 Å². The number of benzene rings is 1. The Hall–Kier alpha value is -2.12. The number of hydrogen-bond acceptors (Lipinski definition) is 3. The summed E-state index contributed by atoms with van der Waals surface area (Å²) < 4.78 is 0. The normalized spacial score (nSPS) is 14.4. The Morgan fingerprint density at radius 2 is 1.86 bits per heavy atom. The molecule has 0 radical (unpaired) electrons. The first kappa shape index (κ1) is 13.8. The number of amides is 1. The van der Waals surface area contributed by atoms with E-state index in [0.717, 1.165) is 31.5 Å². The van der Waals surface area contributed by atoms with Crippen molar-refractivity contribution in [2.75, 3.05) is 13.1 Å². The molecular formula is C17H16N2OS. The van der Waals surface area contributed by atoms with Gasteiger partial charge in [-0.05, 0) is 37.3 Å². The Bertz CT molecular complexity index is 676. The maximum atomic E-state index is 12.3. The molecule has 3 nitrogen and oxygen atoms in total.